The van der Waals surface area contributed by atoms with Gasteiger partial charge in [0.15, 0.2) is 6.54 Å². The third kappa shape index (κ3) is 4.37. The van der Waals surface area contributed by atoms with Gasteiger partial charge in [0.25, 0.3) is 5.91 Å². The van der Waals surface area contributed by atoms with Crippen molar-refractivity contribution in [3.8, 4) is 0 Å². The summed E-state index contributed by atoms with van der Waals surface area (Å²) in [6, 6.07) is 12.8. The number of nitrogens with two attached hydrogens (primary N) is 1. The number of rotatable bonds is 5. The van der Waals surface area contributed by atoms with Crippen molar-refractivity contribution < 1.29 is 10.1 Å². The van der Waals surface area contributed by atoms with Gasteiger partial charge < -0.3 is 10.6 Å². The second-order valence-corrected chi connectivity index (χ2v) is 6.09. The molecule has 116 valence electrons. The van der Waals surface area contributed by atoms with E-state index < -0.39 is 0 Å². The Morgan fingerprint density at radius 2 is 1.77 bits per heavy atom. The number of anilines is 1. The number of hydrogen-bond acceptors (Lipinski definition) is 1. The van der Waals surface area contributed by atoms with Crippen LogP contribution in [0, 0.1) is 0 Å². The second-order valence-electron chi connectivity index (χ2n) is 4.90. The first-order valence-electron chi connectivity index (χ1n) is 6.80. The molecule has 0 unspecified atom stereocenters. The number of carbonyl (C=O) groups excluding carboxylic acids is 1. The first-order valence-corrected chi connectivity index (χ1v) is 7.94. The fraction of sp³-hybridized carbons (Fsp3) is 0.188. The van der Waals surface area contributed by atoms with E-state index in [1.54, 1.807) is 18.2 Å². The van der Waals surface area contributed by atoms with Crippen LogP contribution in [0.1, 0.15) is 18.5 Å². The van der Waals surface area contributed by atoms with Crippen LogP contribution in [-0.4, -0.2) is 12.5 Å². The van der Waals surface area contributed by atoms with Crippen molar-refractivity contribution in [3.05, 3.63) is 63.1 Å². The second kappa shape index (κ2) is 7.84. The Kier molecular flexibility index (Phi) is 6.09. The molecule has 0 aromatic heterocycles. The van der Waals surface area contributed by atoms with Crippen LogP contribution in [0.15, 0.2) is 42.5 Å². The van der Waals surface area contributed by atoms with Gasteiger partial charge in [-0.3, -0.25) is 4.79 Å². The summed E-state index contributed by atoms with van der Waals surface area (Å²) in [6.45, 7) is 2.26. The lowest BCUT2D eigenvalue weighted by atomic mass is 10.1. The Morgan fingerprint density at radius 3 is 2.50 bits per heavy atom. The molecule has 0 radical (unpaired) electrons. The molecule has 0 aliphatic heterocycles. The average molecular weight is 359 g/mol. The number of quaternary nitrogens is 1. The first-order chi connectivity index (χ1) is 10.5. The number of halogens is 3. The van der Waals surface area contributed by atoms with E-state index >= 15 is 0 Å². The van der Waals surface area contributed by atoms with Crippen LogP contribution in [0.3, 0.4) is 0 Å². The third-order valence-corrected chi connectivity index (χ3v) is 4.44. The minimum atomic E-state index is -0.150. The largest absolute Gasteiger partial charge is 0.332 e. The van der Waals surface area contributed by atoms with Crippen molar-refractivity contribution in [2.75, 3.05) is 11.9 Å². The van der Waals surface area contributed by atoms with E-state index in [2.05, 4.69) is 5.32 Å². The van der Waals surface area contributed by atoms with Gasteiger partial charge in [-0.1, -0.05) is 59.1 Å². The Labute approximate surface area is 144 Å². The monoisotopic (exact) mass is 357 g/mol. The zero-order valence-electron chi connectivity index (χ0n) is 11.9. The van der Waals surface area contributed by atoms with Crippen molar-refractivity contribution >= 4 is 46.4 Å². The molecule has 0 aliphatic carbocycles. The van der Waals surface area contributed by atoms with Gasteiger partial charge in [-0.25, -0.2) is 0 Å². The summed E-state index contributed by atoms with van der Waals surface area (Å²) < 4.78 is 0. The maximum absolute atomic E-state index is 12.0. The summed E-state index contributed by atoms with van der Waals surface area (Å²) in [7, 11) is 0. The maximum Gasteiger partial charge on any atom is 0.279 e. The van der Waals surface area contributed by atoms with Gasteiger partial charge in [-0.2, -0.15) is 0 Å². The predicted molar refractivity (Wildman–Crippen MR) is 91.8 cm³/mol. The minimum Gasteiger partial charge on any atom is -0.332 e. The van der Waals surface area contributed by atoms with Crippen LogP contribution in [0.4, 0.5) is 5.69 Å². The summed E-state index contributed by atoms with van der Waals surface area (Å²) >= 11 is 18.1. The molecule has 2 aromatic rings. The molecule has 1 amide bonds. The smallest absolute Gasteiger partial charge is 0.279 e. The molecule has 0 saturated heterocycles. The lowest BCUT2D eigenvalue weighted by molar-refractivity contribution is -0.682. The fourth-order valence-corrected chi connectivity index (χ4v) is 2.71. The minimum absolute atomic E-state index is 0.0780. The summed E-state index contributed by atoms with van der Waals surface area (Å²) in [5.74, 6) is -0.150. The zero-order valence-corrected chi connectivity index (χ0v) is 14.2. The van der Waals surface area contributed by atoms with Crippen molar-refractivity contribution in [2.24, 2.45) is 0 Å². The highest BCUT2D eigenvalue weighted by molar-refractivity contribution is 6.44. The number of nitrogens with one attached hydrogen (secondary N) is 1. The van der Waals surface area contributed by atoms with Gasteiger partial charge in [0, 0.05) is 10.6 Å². The molecular formula is C16H16Cl3N2O+. The van der Waals surface area contributed by atoms with E-state index in [1.807, 2.05) is 36.5 Å². The van der Waals surface area contributed by atoms with E-state index in [0.717, 1.165) is 5.56 Å². The normalized spacial score (nSPS) is 12.0. The van der Waals surface area contributed by atoms with Crippen LogP contribution in [0.5, 0.6) is 0 Å². The van der Waals surface area contributed by atoms with Gasteiger partial charge >= 0.3 is 0 Å². The molecule has 0 bridgehead atoms. The summed E-state index contributed by atoms with van der Waals surface area (Å²) in [5.41, 5.74) is 1.51. The van der Waals surface area contributed by atoms with E-state index in [0.29, 0.717) is 20.8 Å². The standard InChI is InChI=1S/C16H15Cl3N2O/c1-10(11-5-2-3-6-12(11)17)20-9-15(22)21-14-8-4-7-13(18)16(14)19/h2-8,10,20H,9H2,1H3,(H,21,22)/p+1/t10-/m0/s1. The highest BCUT2D eigenvalue weighted by atomic mass is 35.5. The van der Waals surface area contributed by atoms with Crippen molar-refractivity contribution in [1.82, 2.24) is 0 Å². The quantitative estimate of drug-likeness (QED) is 0.836. The van der Waals surface area contributed by atoms with Crippen LogP contribution < -0.4 is 10.6 Å². The topological polar surface area (TPSA) is 45.7 Å². The highest BCUT2D eigenvalue weighted by Gasteiger charge is 2.15. The molecule has 0 aliphatic rings. The molecule has 0 heterocycles. The van der Waals surface area contributed by atoms with E-state index in [-0.39, 0.29) is 18.5 Å². The van der Waals surface area contributed by atoms with Gasteiger partial charge in [-0.05, 0) is 25.1 Å². The molecule has 0 spiro atoms. The molecule has 3 nitrogen and oxygen atoms in total. The van der Waals surface area contributed by atoms with Crippen molar-refractivity contribution in [2.45, 2.75) is 13.0 Å². The van der Waals surface area contributed by atoms with Crippen LogP contribution in [0.25, 0.3) is 0 Å². The van der Waals surface area contributed by atoms with E-state index in [1.165, 1.54) is 0 Å². The maximum atomic E-state index is 12.0. The molecule has 22 heavy (non-hydrogen) atoms. The zero-order chi connectivity index (χ0) is 16.1. The number of hydrogen-bond donors (Lipinski definition) is 2. The number of carbonyl (C=O) groups is 1. The third-order valence-electron chi connectivity index (χ3n) is 3.28. The van der Waals surface area contributed by atoms with Crippen molar-refractivity contribution in [1.29, 1.82) is 0 Å². The van der Waals surface area contributed by atoms with Gasteiger partial charge in [0.05, 0.1) is 15.7 Å². The molecule has 0 saturated carbocycles. The summed E-state index contributed by atoms with van der Waals surface area (Å²) in [6.07, 6.45) is 0. The Bertz CT molecular complexity index is 676. The van der Waals surface area contributed by atoms with E-state index in [4.69, 9.17) is 34.8 Å². The van der Waals surface area contributed by atoms with Gasteiger partial charge in [0.1, 0.15) is 6.04 Å². The van der Waals surface area contributed by atoms with Crippen LogP contribution in [0.2, 0.25) is 15.1 Å². The van der Waals surface area contributed by atoms with Gasteiger partial charge in [0.2, 0.25) is 0 Å². The first kappa shape index (κ1) is 17.1. The predicted octanol–water partition coefficient (Wildman–Crippen LogP) is 3.91. The summed E-state index contributed by atoms with van der Waals surface area (Å²) in [5, 5.41) is 6.12. The van der Waals surface area contributed by atoms with Crippen molar-refractivity contribution in [3.63, 3.8) is 0 Å². The molecule has 2 rings (SSSR count). The molecule has 0 fully saturated rings. The number of benzene rings is 2. The van der Waals surface area contributed by atoms with Gasteiger partial charge in [-0.15, -0.1) is 0 Å². The lowest BCUT2D eigenvalue weighted by Crippen LogP contribution is -2.86. The molecular weight excluding hydrogens is 343 g/mol. The fourth-order valence-electron chi connectivity index (χ4n) is 2.06. The Hall–Kier alpha value is -1.26. The van der Waals surface area contributed by atoms with E-state index in [9.17, 15) is 4.79 Å². The Morgan fingerprint density at radius 1 is 1.09 bits per heavy atom. The van der Waals surface area contributed by atoms with Crippen LogP contribution >= 0.6 is 34.8 Å². The SMILES string of the molecule is C[C@H]([NH2+]CC(=O)Nc1cccc(Cl)c1Cl)c1ccccc1Cl. The summed E-state index contributed by atoms with van der Waals surface area (Å²) in [4.78, 5) is 12.0. The Balaban J connectivity index is 1.93. The average Bonchev–Trinajstić information content (AvgIpc) is 2.50. The lowest BCUT2D eigenvalue weighted by Gasteiger charge is -2.13. The molecule has 2 aromatic carbocycles. The molecule has 1 atom stereocenters. The number of amides is 1. The molecule has 6 heteroatoms. The van der Waals surface area contributed by atoms with Crippen LogP contribution in [-0.2, 0) is 4.79 Å². The molecule has 3 N–H and O–H groups in total. The highest BCUT2D eigenvalue weighted by Crippen LogP contribution is 2.29.